The first-order valence-corrected chi connectivity index (χ1v) is 5.39. The van der Waals surface area contributed by atoms with Crippen LogP contribution in [0.15, 0.2) is 34.4 Å². The van der Waals surface area contributed by atoms with Gasteiger partial charge in [0.05, 0.1) is 0 Å². The summed E-state index contributed by atoms with van der Waals surface area (Å²) in [6, 6.07) is 5.85. The first-order valence-electron chi connectivity index (χ1n) is 3.72. The topological polar surface area (TPSA) is 38.9 Å². The van der Waals surface area contributed by atoms with Crippen LogP contribution in [0.5, 0.6) is 0 Å². The third kappa shape index (κ3) is 1.73. The van der Waals surface area contributed by atoms with E-state index in [-0.39, 0.29) is 0 Å². The molecule has 0 saturated heterocycles. The maximum Gasteiger partial charge on any atom is 0.108 e. The summed E-state index contributed by atoms with van der Waals surface area (Å²) in [6.07, 6.45) is 1.78. The van der Waals surface area contributed by atoms with E-state index >= 15 is 0 Å². The molecule has 0 spiro atoms. The van der Waals surface area contributed by atoms with E-state index in [1.165, 1.54) is 0 Å². The van der Waals surface area contributed by atoms with Crippen LogP contribution >= 0.6 is 27.3 Å². The van der Waals surface area contributed by atoms with E-state index in [0.717, 1.165) is 20.7 Å². The number of pyridine rings is 1. The molecule has 2 heterocycles. The average Bonchev–Trinajstić information content (AvgIpc) is 2.56. The van der Waals surface area contributed by atoms with Crippen LogP contribution in [0.25, 0.3) is 10.4 Å². The second kappa shape index (κ2) is 3.47. The molecule has 0 aliphatic carbocycles. The second-order valence-electron chi connectivity index (χ2n) is 2.57. The fourth-order valence-electron chi connectivity index (χ4n) is 1.08. The van der Waals surface area contributed by atoms with Crippen LogP contribution in [-0.4, -0.2) is 4.98 Å². The molecule has 2 rings (SSSR count). The predicted molar refractivity (Wildman–Crippen MR) is 59.7 cm³/mol. The highest BCUT2D eigenvalue weighted by Gasteiger charge is 2.03. The van der Waals surface area contributed by atoms with Crippen LogP contribution in [0.4, 0.5) is 5.69 Å². The Balaban J connectivity index is 2.53. The van der Waals surface area contributed by atoms with E-state index in [1.807, 2.05) is 23.6 Å². The molecule has 0 fully saturated rings. The summed E-state index contributed by atoms with van der Waals surface area (Å²) in [4.78, 5) is 5.29. The van der Waals surface area contributed by atoms with E-state index in [1.54, 1.807) is 17.5 Å². The quantitative estimate of drug-likeness (QED) is 0.795. The minimum Gasteiger partial charge on any atom is -0.398 e. The first-order chi connectivity index (χ1) is 6.27. The predicted octanol–water partition coefficient (Wildman–Crippen LogP) is 3.15. The Morgan fingerprint density at radius 3 is 2.92 bits per heavy atom. The van der Waals surface area contributed by atoms with Gasteiger partial charge < -0.3 is 5.73 Å². The van der Waals surface area contributed by atoms with Crippen LogP contribution in [0.2, 0.25) is 0 Å². The largest absolute Gasteiger partial charge is 0.398 e. The van der Waals surface area contributed by atoms with Gasteiger partial charge in [-0.15, -0.1) is 11.3 Å². The van der Waals surface area contributed by atoms with Crippen molar-refractivity contribution >= 4 is 33.0 Å². The Labute approximate surface area is 88.6 Å². The van der Waals surface area contributed by atoms with Gasteiger partial charge in [0.15, 0.2) is 0 Å². The van der Waals surface area contributed by atoms with E-state index in [4.69, 9.17) is 5.73 Å². The van der Waals surface area contributed by atoms with E-state index in [2.05, 4.69) is 20.9 Å². The molecular weight excluding hydrogens is 248 g/mol. The monoisotopic (exact) mass is 254 g/mol. The molecule has 2 aromatic rings. The van der Waals surface area contributed by atoms with Crippen LogP contribution in [0, 0.1) is 0 Å². The molecular formula is C9H7BrN2S. The fourth-order valence-corrected chi connectivity index (χ4v) is 2.19. The second-order valence-corrected chi connectivity index (χ2v) is 4.33. The number of aromatic nitrogens is 1. The number of nitrogen functional groups attached to an aromatic ring is 1. The first kappa shape index (κ1) is 8.72. The Hall–Kier alpha value is -0.870. The zero-order chi connectivity index (χ0) is 9.26. The molecule has 0 saturated carbocycles. The number of rotatable bonds is 1. The minimum absolute atomic E-state index is 0.754. The standard InChI is InChI=1S/C9H7BrN2S/c10-9-4-7(11)6(5-12-9)8-2-1-3-13-8/h1-5H,(H2,11,12). The van der Waals surface area contributed by atoms with Crippen molar-refractivity contribution in [3.05, 3.63) is 34.4 Å². The summed E-state index contributed by atoms with van der Waals surface area (Å²) in [5.41, 5.74) is 7.60. The Morgan fingerprint density at radius 1 is 1.46 bits per heavy atom. The van der Waals surface area contributed by atoms with Gasteiger partial charge in [-0.1, -0.05) is 6.07 Å². The van der Waals surface area contributed by atoms with Crippen LogP contribution < -0.4 is 5.73 Å². The van der Waals surface area contributed by atoms with Gasteiger partial charge in [0.25, 0.3) is 0 Å². The lowest BCUT2D eigenvalue weighted by molar-refractivity contribution is 1.28. The van der Waals surface area contributed by atoms with Gasteiger partial charge in [-0.05, 0) is 33.4 Å². The lowest BCUT2D eigenvalue weighted by atomic mass is 10.2. The minimum atomic E-state index is 0.754. The van der Waals surface area contributed by atoms with Gasteiger partial charge in [-0.3, -0.25) is 0 Å². The van der Waals surface area contributed by atoms with Gasteiger partial charge >= 0.3 is 0 Å². The molecule has 2 aromatic heterocycles. The van der Waals surface area contributed by atoms with Gasteiger partial charge in [0.1, 0.15) is 4.60 Å². The smallest absolute Gasteiger partial charge is 0.108 e. The van der Waals surface area contributed by atoms with Crippen molar-refractivity contribution in [2.75, 3.05) is 5.73 Å². The molecule has 0 unspecified atom stereocenters. The molecule has 0 aromatic carbocycles. The van der Waals surface area contributed by atoms with Crippen molar-refractivity contribution in [2.24, 2.45) is 0 Å². The van der Waals surface area contributed by atoms with Crippen molar-refractivity contribution < 1.29 is 0 Å². The molecule has 13 heavy (non-hydrogen) atoms. The number of halogens is 1. The third-order valence-corrected chi connectivity index (χ3v) is 3.03. The summed E-state index contributed by atoms with van der Waals surface area (Å²) in [5, 5.41) is 2.02. The van der Waals surface area contributed by atoms with E-state index < -0.39 is 0 Å². The van der Waals surface area contributed by atoms with Gasteiger partial charge in [0, 0.05) is 22.3 Å². The SMILES string of the molecule is Nc1cc(Br)ncc1-c1cccs1. The van der Waals surface area contributed by atoms with Gasteiger partial charge in [-0.2, -0.15) is 0 Å². The normalized spacial score (nSPS) is 10.2. The Kier molecular flexibility index (Phi) is 2.33. The Bertz CT molecular complexity index is 412. The molecule has 2 N–H and O–H groups in total. The zero-order valence-electron chi connectivity index (χ0n) is 6.70. The van der Waals surface area contributed by atoms with Crippen LogP contribution in [0.3, 0.4) is 0 Å². The van der Waals surface area contributed by atoms with Crippen molar-refractivity contribution in [3.8, 4) is 10.4 Å². The highest BCUT2D eigenvalue weighted by Crippen LogP contribution is 2.30. The van der Waals surface area contributed by atoms with Crippen LogP contribution in [0.1, 0.15) is 0 Å². The summed E-state index contributed by atoms with van der Waals surface area (Å²) in [6.45, 7) is 0. The molecule has 0 bridgehead atoms. The Morgan fingerprint density at radius 2 is 2.31 bits per heavy atom. The summed E-state index contributed by atoms with van der Waals surface area (Å²) >= 11 is 4.93. The fraction of sp³-hybridized carbons (Fsp3) is 0. The van der Waals surface area contributed by atoms with Crippen molar-refractivity contribution in [1.82, 2.24) is 4.98 Å². The van der Waals surface area contributed by atoms with E-state index in [0.29, 0.717) is 0 Å². The summed E-state index contributed by atoms with van der Waals surface area (Å²) in [5.74, 6) is 0. The highest BCUT2D eigenvalue weighted by atomic mass is 79.9. The number of nitrogens with zero attached hydrogens (tertiary/aromatic N) is 1. The van der Waals surface area contributed by atoms with Crippen molar-refractivity contribution in [2.45, 2.75) is 0 Å². The molecule has 0 amide bonds. The third-order valence-electron chi connectivity index (χ3n) is 1.69. The average molecular weight is 255 g/mol. The van der Waals surface area contributed by atoms with Gasteiger partial charge in [-0.25, -0.2) is 4.98 Å². The number of thiophene rings is 1. The van der Waals surface area contributed by atoms with E-state index in [9.17, 15) is 0 Å². The lowest BCUT2D eigenvalue weighted by Crippen LogP contribution is -1.90. The lowest BCUT2D eigenvalue weighted by Gasteiger charge is -2.01. The number of hydrogen-bond acceptors (Lipinski definition) is 3. The highest BCUT2D eigenvalue weighted by molar-refractivity contribution is 9.10. The molecule has 4 heteroatoms. The van der Waals surface area contributed by atoms with Crippen molar-refractivity contribution in [1.29, 1.82) is 0 Å². The molecule has 66 valence electrons. The molecule has 0 aliphatic rings. The van der Waals surface area contributed by atoms with Gasteiger partial charge in [0.2, 0.25) is 0 Å². The number of anilines is 1. The molecule has 0 radical (unpaired) electrons. The summed E-state index contributed by atoms with van der Waals surface area (Å²) in [7, 11) is 0. The number of hydrogen-bond donors (Lipinski definition) is 1. The van der Waals surface area contributed by atoms with Crippen molar-refractivity contribution in [3.63, 3.8) is 0 Å². The molecule has 2 nitrogen and oxygen atoms in total. The van der Waals surface area contributed by atoms with Crippen LogP contribution in [-0.2, 0) is 0 Å². The molecule has 0 aliphatic heterocycles. The summed E-state index contributed by atoms with van der Waals surface area (Å²) < 4.78 is 0.769. The maximum absolute atomic E-state index is 5.85. The maximum atomic E-state index is 5.85. The number of nitrogens with two attached hydrogens (primary N) is 1. The molecule has 0 atom stereocenters. The zero-order valence-corrected chi connectivity index (χ0v) is 9.10.